The van der Waals surface area contributed by atoms with Crippen LogP contribution in [0, 0.1) is 23.9 Å². The van der Waals surface area contributed by atoms with E-state index in [0.717, 1.165) is 5.92 Å². The standard InChI is InChI=1S/C5F4/c6-4-2-1-3-5(7,8)9. The van der Waals surface area contributed by atoms with Crippen LogP contribution in [-0.2, 0) is 0 Å². The van der Waals surface area contributed by atoms with Gasteiger partial charge in [0.2, 0.25) is 0 Å². The first-order chi connectivity index (χ1) is 4.06. The molecule has 0 amide bonds. The van der Waals surface area contributed by atoms with E-state index >= 15 is 0 Å². The van der Waals surface area contributed by atoms with Gasteiger partial charge >= 0.3 is 6.18 Å². The van der Waals surface area contributed by atoms with Gasteiger partial charge in [0.05, 0.1) is 0 Å². The van der Waals surface area contributed by atoms with Crippen LogP contribution in [0.1, 0.15) is 0 Å². The lowest BCUT2D eigenvalue weighted by Crippen LogP contribution is -2.00. The minimum absolute atomic E-state index is 0.717. The lowest BCUT2D eigenvalue weighted by molar-refractivity contribution is -0.0696. The van der Waals surface area contributed by atoms with Crippen LogP contribution in [-0.4, -0.2) is 6.18 Å². The fourth-order valence-electron chi connectivity index (χ4n) is 0.126. The Labute approximate surface area is 48.9 Å². The summed E-state index contributed by atoms with van der Waals surface area (Å²) in [7, 11) is 0. The maximum atomic E-state index is 11.0. The van der Waals surface area contributed by atoms with Gasteiger partial charge in [0.25, 0.3) is 0 Å². The Morgan fingerprint density at radius 3 is 1.89 bits per heavy atom. The summed E-state index contributed by atoms with van der Waals surface area (Å²) < 4.78 is 43.8. The van der Waals surface area contributed by atoms with Crippen LogP contribution in [0.25, 0.3) is 0 Å². The van der Waals surface area contributed by atoms with E-state index in [-0.39, 0.29) is 0 Å². The molecule has 0 aliphatic rings. The quantitative estimate of drug-likeness (QED) is 0.349. The minimum Gasteiger partial charge on any atom is -0.159 e. The van der Waals surface area contributed by atoms with Crippen molar-refractivity contribution < 1.29 is 17.6 Å². The van der Waals surface area contributed by atoms with Crippen molar-refractivity contribution in [1.82, 2.24) is 0 Å². The monoisotopic (exact) mass is 136 g/mol. The van der Waals surface area contributed by atoms with E-state index in [1.54, 1.807) is 0 Å². The maximum Gasteiger partial charge on any atom is 0.458 e. The Kier molecular flexibility index (Phi) is 2.60. The van der Waals surface area contributed by atoms with Gasteiger partial charge in [0.15, 0.2) is 0 Å². The van der Waals surface area contributed by atoms with Crippen LogP contribution in [0.15, 0.2) is 0 Å². The third-order valence-electron chi connectivity index (χ3n) is 0.314. The lowest BCUT2D eigenvalue weighted by Gasteiger charge is -1.88. The highest BCUT2D eigenvalue weighted by molar-refractivity contribution is 5.25. The van der Waals surface area contributed by atoms with E-state index in [4.69, 9.17) is 0 Å². The topological polar surface area (TPSA) is 0 Å². The van der Waals surface area contributed by atoms with Crippen molar-refractivity contribution >= 4 is 0 Å². The fourth-order valence-corrected chi connectivity index (χ4v) is 0.126. The molecule has 0 N–H and O–H groups in total. The third kappa shape index (κ3) is 6.84. The van der Waals surface area contributed by atoms with Crippen LogP contribution >= 0.6 is 0 Å². The Morgan fingerprint density at radius 2 is 1.56 bits per heavy atom. The zero-order valence-electron chi connectivity index (χ0n) is 4.01. The average molecular weight is 136 g/mol. The van der Waals surface area contributed by atoms with E-state index in [9.17, 15) is 17.6 Å². The fraction of sp³-hybridized carbons (Fsp3) is 0.200. The Hall–Kier alpha value is -1.16. The van der Waals surface area contributed by atoms with Crippen molar-refractivity contribution in [3.05, 3.63) is 0 Å². The van der Waals surface area contributed by atoms with E-state index < -0.39 is 6.18 Å². The van der Waals surface area contributed by atoms with Crippen LogP contribution in [0.5, 0.6) is 0 Å². The molecule has 0 aromatic rings. The molecule has 0 saturated carbocycles. The average Bonchev–Trinajstić information content (AvgIpc) is 1.63. The molecule has 0 aliphatic heterocycles. The molecular weight excluding hydrogens is 136 g/mol. The summed E-state index contributed by atoms with van der Waals surface area (Å²) in [6.07, 6.45) is -3.86. The predicted molar refractivity (Wildman–Crippen MR) is 22.7 cm³/mol. The van der Waals surface area contributed by atoms with Crippen molar-refractivity contribution in [3.8, 4) is 23.9 Å². The van der Waals surface area contributed by atoms with Crippen LogP contribution < -0.4 is 0 Å². The second-order valence-electron chi connectivity index (χ2n) is 0.967. The van der Waals surface area contributed by atoms with Gasteiger partial charge in [0.1, 0.15) is 6.17 Å². The maximum absolute atomic E-state index is 11.0. The molecule has 0 fully saturated rings. The summed E-state index contributed by atoms with van der Waals surface area (Å²) in [5.74, 6) is 3.33. The molecule has 0 aromatic carbocycles. The molecule has 0 heterocycles. The van der Waals surface area contributed by atoms with Gasteiger partial charge in [0, 0.05) is 11.8 Å². The highest BCUT2D eigenvalue weighted by Gasteiger charge is 2.22. The van der Waals surface area contributed by atoms with Crippen LogP contribution in [0.2, 0.25) is 0 Å². The van der Waals surface area contributed by atoms with Gasteiger partial charge in [-0.2, -0.15) is 13.2 Å². The SMILES string of the molecule is FC#CC#CC(F)(F)F. The number of halogens is 4. The van der Waals surface area contributed by atoms with Crippen LogP contribution in [0.3, 0.4) is 0 Å². The number of hydrogen-bond donors (Lipinski definition) is 0. The predicted octanol–water partition coefficient (Wildman–Crippen LogP) is 1.48. The molecular formula is C5F4. The van der Waals surface area contributed by atoms with Crippen molar-refractivity contribution in [2.75, 3.05) is 0 Å². The molecule has 0 rings (SSSR count). The van der Waals surface area contributed by atoms with Crippen molar-refractivity contribution in [2.24, 2.45) is 0 Å². The zero-order valence-corrected chi connectivity index (χ0v) is 4.01. The molecule has 48 valence electrons. The lowest BCUT2D eigenvalue weighted by atomic mass is 10.6. The summed E-state index contributed by atoms with van der Waals surface area (Å²) in [6.45, 7) is 0. The largest absolute Gasteiger partial charge is 0.458 e. The molecule has 0 radical (unpaired) electrons. The van der Waals surface area contributed by atoms with E-state index in [1.807, 2.05) is 0 Å². The van der Waals surface area contributed by atoms with Gasteiger partial charge in [-0.1, -0.05) is 0 Å². The first-order valence-corrected chi connectivity index (χ1v) is 1.76. The van der Waals surface area contributed by atoms with Crippen molar-refractivity contribution in [3.63, 3.8) is 0 Å². The first kappa shape index (κ1) is 7.84. The molecule has 0 bridgehead atoms. The Balaban J connectivity index is 3.99. The number of alkyl halides is 3. The molecule has 0 aliphatic carbocycles. The molecule has 0 atom stereocenters. The van der Waals surface area contributed by atoms with Gasteiger partial charge in [-0.3, -0.25) is 0 Å². The first-order valence-electron chi connectivity index (χ1n) is 1.76. The van der Waals surface area contributed by atoms with Gasteiger partial charge in [-0.25, -0.2) is 0 Å². The molecule has 0 saturated heterocycles. The number of rotatable bonds is 0. The summed E-state index contributed by atoms with van der Waals surface area (Å²) >= 11 is 0. The smallest absolute Gasteiger partial charge is 0.159 e. The summed E-state index contributed by atoms with van der Waals surface area (Å²) in [5, 5.41) is 0. The molecule has 0 aromatic heterocycles. The summed E-state index contributed by atoms with van der Waals surface area (Å²) in [5.41, 5.74) is 0. The van der Waals surface area contributed by atoms with E-state index in [2.05, 4.69) is 0 Å². The number of hydrogen-bond acceptors (Lipinski definition) is 0. The van der Waals surface area contributed by atoms with E-state index in [0.29, 0.717) is 6.17 Å². The Morgan fingerprint density at radius 1 is 1.00 bits per heavy atom. The normalized spacial score (nSPS) is 8.44. The molecule has 0 unspecified atom stereocenters. The van der Waals surface area contributed by atoms with Gasteiger partial charge < -0.3 is 0 Å². The molecule has 9 heavy (non-hydrogen) atoms. The van der Waals surface area contributed by atoms with Gasteiger partial charge in [-0.05, 0) is 5.92 Å². The summed E-state index contributed by atoms with van der Waals surface area (Å²) in [4.78, 5) is 0. The minimum atomic E-state index is -4.58. The second kappa shape index (κ2) is 2.99. The molecule has 0 spiro atoms. The highest BCUT2D eigenvalue weighted by Crippen LogP contribution is 2.11. The van der Waals surface area contributed by atoms with E-state index in [1.165, 1.54) is 11.8 Å². The second-order valence-corrected chi connectivity index (χ2v) is 0.967. The van der Waals surface area contributed by atoms with Gasteiger partial charge in [-0.15, -0.1) is 4.39 Å². The molecule has 4 heteroatoms. The van der Waals surface area contributed by atoms with Crippen LogP contribution in [0.4, 0.5) is 17.6 Å². The van der Waals surface area contributed by atoms with Crippen molar-refractivity contribution in [1.29, 1.82) is 0 Å². The molecule has 0 nitrogen and oxygen atoms in total. The summed E-state index contributed by atoms with van der Waals surface area (Å²) in [6, 6.07) is 0. The zero-order chi connectivity index (χ0) is 7.33. The Bertz CT molecular complexity index is 191. The van der Waals surface area contributed by atoms with Crippen molar-refractivity contribution in [2.45, 2.75) is 6.18 Å². The third-order valence-corrected chi connectivity index (χ3v) is 0.314. The highest BCUT2D eigenvalue weighted by atomic mass is 19.4.